The van der Waals surface area contributed by atoms with Crippen molar-refractivity contribution >= 4 is 41.0 Å². The predicted molar refractivity (Wildman–Crippen MR) is 87.3 cm³/mol. The number of halogens is 2. The molecule has 1 heterocycles. The summed E-state index contributed by atoms with van der Waals surface area (Å²) < 4.78 is 0. The van der Waals surface area contributed by atoms with Crippen LogP contribution >= 0.6 is 23.2 Å². The number of imide groups is 1. The van der Waals surface area contributed by atoms with E-state index in [0.717, 1.165) is 4.90 Å². The van der Waals surface area contributed by atoms with Crippen molar-refractivity contribution in [2.45, 2.75) is 18.9 Å². The van der Waals surface area contributed by atoms with E-state index in [1.165, 1.54) is 19.1 Å². The van der Waals surface area contributed by atoms with Crippen LogP contribution in [0.5, 0.6) is 0 Å². The zero-order valence-electron chi connectivity index (χ0n) is 12.7. The molecule has 1 fully saturated rings. The van der Waals surface area contributed by atoms with Crippen LogP contribution in [0.2, 0.25) is 10.0 Å². The average Bonchev–Trinajstić information content (AvgIpc) is 2.74. The molecule has 0 aromatic heterocycles. The lowest BCUT2D eigenvalue weighted by atomic mass is 9.92. The quantitative estimate of drug-likeness (QED) is 0.610. The van der Waals surface area contributed by atoms with Crippen LogP contribution in [0.15, 0.2) is 18.2 Å². The Morgan fingerprint density at radius 2 is 2.08 bits per heavy atom. The maximum absolute atomic E-state index is 12.6. The van der Waals surface area contributed by atoms with Crippen LogP contribution in [0, 0.1) is 11.3 Å². The van der Waals surface area contributed by atoms with E-state index < -0.39 is 29.9 Å². The van der Waals surface area contributed by atoms with Gasteiger partial charge in [-0.1, -0.05) is 29.3 Å². The first kappa shape index (κ1) is 18.0. The molecule has 4 amide bonds. The number of hydrogen-bond acceptors (Lipinski definition) is 4. The molecule has 1 aliphatic rings. The van der Waals surface area contributed by atoms with Crippen molar-refractivity contribution in [3.63, 3.8) is 0 Å². The number of urea groups is 1. The van der Waals surface area contributed by atoms with Gasteiger partial charge in [0.1, 0.15) is 12.1 Å². The van der Waals surface area contributed by atoms with Gasteiger partial charge >= 0.3 is 6.03 Å². The van der Waals surface area contributed by atoms with E-state index in [0.29, 0.717) is 10.6 Å². The number of nitrogens with zero attached hydrogens (tertiary/aromatic N) is 2. The van der Waals surface area contributed by atoms with E-state index >= 15 is 0 Å². The third-order valence-corrected chi connectivity index (χ3v) is 4.37. The lowest BCUT2D eigenvalue weighted by Gasteiger charge is -2.22. The summed E-state index contributed by atoms with van der Waals surface area (Å²) in [5, 5.41) is 14.0. The fourth-order valence-electron chi connectivity index (χ4n) is 2.30. The Bertz CT molecular complexity index is 747. The molecular weight excluding hydrogens is 355 g/mol. The van der Waals surface area contributed by atoms with Crippen molar-refractivity contribution in [3.8, 4) is 6.07 Å². The molecular formula is C15H14Cl2N4O3. The fourth-order valence-corrected chi connectivity index (χ4v) is 2.60. The maximum Gasteiger partial charge on any atom is 0.325 e. The smallest absolute Gasteiger partial charge is 0.325 e. The lowest BCUT2D eigenvalue weighted by Crippen LogP contribution is -2.43. The molecule has 0 spiro atoms. The van der Waals surface area contributed by atoms with Crippen LogP contribution < -0.4 is 10.6 Å². The van der Waals surface area contributed by atoms with Gasteiger partial charge in [0.15, 0.2) is 0 Å². The van der Waals surface area contributed by atoms with Crippen LogP contribution in [0.1, 0.15) is 18.9 Å². The molecule has 0 bridgehead atoms. The van der Waals surface area contributed by atoms with E-state index in [9.17, 15) is 14.4 Å². The first-order valence-electron chi connectivity index (χ1n) is 7.03. The summed E-state index contributed by atoms with van der Waals surface area (Å²) in [7, 11) is 0. The highest BCUT2D eigenvalue weighted by atomic mass is 35.5. The number of amides is 4. The topological polar surface area (TPSA) is 102 Å². The Hall–Kier alpha value is -2.30. The van der Waals surface area contributed by atoms with Crippen LogP contribution in [0.4, 0.5) is 4.79 Å². The Kier molecular flexibility index (Phi) is 5.32. The van der Waals surface area contributed by atoms with Crippen LogP contribution in [-0.4, -0.2) is 35.8 Å². The van der Waals surface area contributed by atoms with Gasteiger partial charge in [-0.05, 0) is 24.6 Å². The summed E-state index contributed by atoms with van der Waals surface area (Å²) >= 11 is 11.8. The number of nitriles is 1. The van der Waals surface area contributed by atoms with Gasteiger partial charge in [-0.15, -0.1) is 0 Å². The minimum atomic E-state index is -1.34. The Balaban J connectivity index is 2.17. The molecule has 0 aliphatic carbocycles. The first-order chi connectivity index (χ1) is 11.3. The summed E-state index contributed by atoms with van der Waals surface area (Å²) in [5.41, 5.74) is -0.874. The fraction of sp³-hybridized carbons (Fsp3) is 0.333. The zero-order chi connectivity index (χ0) is 17.9. The number of benzene rings is 1. The number of nitrogens with one attached hydrogen (secondary N) is 2. The third kappa shape index (κ3) is 3.45. The molecule has 9 heteroatoms. The maximum atomic E-state index is 12.6. The van der Waals surface area contributed by atoms with Crippen molar-refractivity contribution in [2.75, 3.05) is 13.1 Å². The van der Waals surface area contributed by atoms with Crippen molar-refractivity contribution in [1.82, 2.24) is 15.5 Å². The van der Waals surface area contributed by atoms with Crippen molar-refractivity contribution in [1.29, 1.82) is 5.26 Å². The Morgan fingerprint density at radius 3 is 2.71 bits per heavy atom. The van der Waals surface area contributed by atoms with E-state index in [1.54, 1.807) is 6.07 Å². The molecule has 1 unspecified atom stereocenters. The second-order valence-electron chi connectivity index (χ2n) is 5.33. The molecule has 0 saturated carbocycles. The molecule has 7 nitrogen and oxygen atoms in total. The number of carbonyl (C=O) groups is 3. The van der Waals surface area contributed by atoms with Crippen LogP contribution in [0.3, 0.4) is 0 Å². The summed E-state index contributed by atoms with van der Waals surface area (Å²) in [6.45, 7) is 1.26. The van der Waals surface area contributed by atoms with Crippen molar-refractivity contribution in [3.05, 3.63) is 33.8 Å². The second kappa shape index (κ2) is 7.07. The molecule has 0 radical (unpaired) electrons. The van der Waals surface area contributed by atoms with Gasteiger partial charge in [0.05, 0.1) is 22.5 Å². The highest BCUT2D eigenvalue weighted by Crippen LogP contribution is 2.32. The molecule has 1 aromatic rings. The van der Waals surface area contributed by atoms with Gasteiger partial charge in [0.2, 0.25) is 5.91 Å². The first-order valence-corrected chi connectivity index (χ1v) is 7.78. The minimum Gasteiger partial charge on any atom is -0.354 e. The van der Waals surface area contributed by atoms with Gasteiger partial charge < -0.3 is 10.6 Å². The van der Waals surface area contributed by atoms with Crippen LogP contribution in [-0.2, 0) is 15.1 Å². The van der Waals surface area contributed by atoms with E-state index in [4.69, 9.17) is 28.5 Å². The zero-order valence-corrected chi connectivity index (χ0v) is 14.2. The standard InChI is InChI=1S/C15H14Cl2N4O3/c1-15(9-3-4-10(16)11(17)7-9)13(23)21(14(24)20-15)8-12(22)19-6-2-5-18/h3-4,7H,2,6,8H2,1H3,(H,19,22)(H,20,24). The van der Waals surface area contributed by atoms with Gasteiger partial charge in [0.25, 0.3) is 5.91 Å². The average molecular weight is 369 g/mol. The highest BCUT2D eigenvalue weighted by molar-refractivity contribution is 6.42. The minimum absolute atomic E-state index is 0.146. The number of rotatable bonds is 5. The molecule has 1 aliphatic heterocycles. The SMILES string of the molecule is CC1(c2ccc(Cl)c(Cl)c2)NC(=O)N(CC(=O)NCCC#N)C1=O. The molecule has 2 N–H and O–H groups in total. The normalized spacial score (nSPS) is 19.8. The molecule has 126 valence electrons. The van der Waals surface area contributed by atoms with E-state index in [2.05, 4.69) is 10.6 Å². The summed E-state index contributed by atoms with van der Waals surface area (Å²) in [6, 6.07) is 5.82. The number of hydrogen-bond donors (Lipinski definition) is 2. The largest absolute Gasteiger partial charge is 0.354 e. The van der Waals surface area contributed by atoms with Gasteiger partial charge in [-0.25, -0.2) is 4.79 Å². The van der Waals surface area contributed by atoms with E-state index in [-0.39, 0.29) is 18.0 Å². The molecule has 1 atom stereocenters. The molecule has 1 aromatic carbocycles. The molecule has 24 heavy (non-hydrogen) atoms. The second-order valence-corrected chi connectivity index (χ2v) is 6.15. The predicted octanol–water partition coefficient (Wildman–Crippen LogP) is 1.79. The van der Waals surface area contributed by atoms with Crippen LogP contribution in [0.25, 0.3) is 0 Å². The van der Waals surface area contributed by atoms with Gasteiger partial charge in [-0.2, -0.15) is 5.26 Å². The number of carbonyl (C=O) groups excluding carboxylic acids is 3. The molecule has 2 rings (SSSR count). The van der Waals surface area contributed by atoms with Gasteiger partial charge in [-0.3, -0.25) is 14.5 Å². The summed E-state index contributed by atoms with van der Waals surface area (Å²) in [5.74, 6) is -1.09. The monoisotopic (exact) mass is 368 g/mol. The van der Waals surface area contributed by atoms with E-state index in [1.807, 2.05) is 6.07 Å². The van der Waals surface area contributed by atoms with Gasteiger partial charge in [0, 0.05) is 6.54 Å². The summed E-state index contributed by atoms with van der Waals surface area (Å²) in [6.07, 6.45) is 0.146. The highest BCUT2D eigenvalue weighted by Gasteiger charge is 2.49. The van der Waals surface area contributed by atoms with Crippen molar-refractivity contribution in [2.24, 2.45) is 0 Å². The van der Waals surface area contributed by atoms with Crippen molar-refractivity contribution < 1.29 is 14.4 Å². The third-order valence-electron chi connectivity index (χ3n) is 3.63. The Morgan fingerprint density at radius 1 is 1.38 bits per heavy atom. The Labute approximate surface area is 148 Å². The summed E-state index contributed by atoms with van der Waals surface area (Å²) in [4.78, 5) is 37.3. The molecule has 1 saturated heterocycles. The lowest BCUT2D eigenvalue weighted by molar-refractivity contribution is -0.134.